The van der Waals surface area contributed by atoms with E-state index in [9.17, 15) is 5.11 Å². The molecule has 172 valence electrons. The van der Waals surface area contributed by atoms with Crippen LogP contribution in [0.1, 0.15) is 86.0 Å². The first-order valence-electron chi connectivity index (χ1n) is 12.8. The molecule has 3 heteroatoms. The van der Waals surface area contributed by atoms with Crippen LogP contribution in [-0.2, 0) is 4.43 Å². The summed E-state index contributed by atoms with van der Waals surface area (Å²) in [6.45, 7) is 21.1. The highest BCUT2D eigenvalue weighted by molar-refractivity contribution is 6.74. The first-order valence-corrected chi connectivity index (χ1v) is 15.7. The van der Waals surface area contributed by atoms with Crippen molar-refractivity contribution in [2.75, 3.05) is 0 Å². The molecule has 30 heavy (non-hydrogen) atoms. The van der Waals surface area contributed by atoms with Crippen molar-refractivity contribution in [3.05, 3.63) is 12.7 Å². The maximum Gasteiger partial charge on any atom is 0.192 e. The van der Waals surface area contributed by atoms with Crippen LogP contribution >= 0.6 is 0 Å². The molecule has 4 fully saturated rings. The van der Waals surface area contributed by atoms with Gasteiger partial charge in [-0.2, -0.15) is 0 Å². The Balaban J connectivity index is 1.50. The van der Waals surface area contributed by atoms with Crippen LogP contribution in [0.15, 0.2) is 12.7 Å². The molecule has 4 aliphatic rings. The topological polar surface area (TPSA) is 29.5 Å². The zero-order chi connectivity index (χ0) is 22.1. The van der Waals surface area contributed by atoms with Crippen molar-refractivity contribution in [3.63, 3.8) is 0 Å². The molecule has 0 aromatic carbocycles. The average molecular weight is 433 g/mol. The molecule has 2 nitrogen and oxygen atoms in total. The van der Waals surface area contributed by atoms with Gasteiger partial charge in [0.05, 0.1) is 6.10 Å². The number of rotatable bonds is 3. The van der Waals surface area contributed by atoms with E-state index < -0.39 is 8.32 Å². The van der Waals surface area contributed by atoms with E-state index in [0.29, 0.717) is 28.4 Å². The van der Waals surface area contributed by atoms with E-state index in [0.717, 1.165) is 24.2 Å². The Morgan fingerprint density at radius 1 is 0.967 bits per heavy atom. The lowest BCUT2D eigenvalue weighted by molar-refractivity contribution is -0.122. The lowest BCUT2D eigenvalue weighted by Crippen LogP contribution is -2.55. The monoisotopic (exact) mass is 432 g/mol. The molecule has 0 amide bonds. The third-order valence-electron chi connectivity index (χ3n) is 11.2. The SMILES string of the molecule is C=C[C@H]1C(O)C[C@H]2[C@@H]3CCC4CC(O[Si](C)(C)C(C)(C)C)CC[C@]4(C)[C@H]3CC[C@]12C. The van der Waals surface area contributed by atoms with Crippen molar-refractivity contribution in [2.24, 2.45) is 40.4 Å². The van der Waals surface area contributed by atoms with Gasteiger partial charge in [-0.25, -0.2) is 0 Å². The molecule has 0 radical (unpaired) electrons. The molecule has 3 unspecified atom stereocenters. The predicted octanol–water partition coefficient (Wildman–Crippen LogP) is 7.19. The Bertz CT molecular complexity index is 666. The summed E-state index contributed by atoms with van der Waals surface area (Å²) >= 11 is 0. The number of hydrogen-bond donors (Lipinski definition) is 1. The summed E-state index contributed by atoms with van der Waals surface area (Å²) in [6.07, 6.45) is 12.6. The van der Waals surface area contributed by atoms with Gasteiger partial charge in [-0.05, 0) is 104 Å². The average Bonchev–Trinajstić information content (AvgIpc) is 2.90. The number of aliphatic hydroxyl groups is 1. The van der Waals surface area contributed by atoms with Gasteiger partial charge >= 0.3 is 0 Å². The molecule has 9 atom stereocenters. The maximum atomic E-state index is 10.8. The minimum absolute atomic E-state index is 0.171. The third kappa shape index (κ3) is 3.41. The molecule has 4 aliphatic carbocycles. The molecule has 0 heterocycles. The van der Waals surface area contributed by atoms with Crippen LogP contribution in [0.4, 0.5) is 0 Å². The number of fused-ring (bicyclic) bond motifs is 5. The Labute approximate surface area is 187 Å². The van der Waals surface area contributed by atoms with E-state index in [1.54, 1.807) is 0 Å². The number of hydrogen-bond acceptors (Lipinski definition) is 2. The molecule has 4 rings (SSSR count). The van der Waals surface area contributed by atoms with E-state index in [4.69, 9.17) is 4.43 Å². The molecule has 0 aromatic heterocycles. The molecular weight excluding hydrogens is 384 g/mol. The second kappa shape index (κ2) is 7.45. The maximum absolute atomic E-state index is 10.8. The summed E-state index contributed by atoms with van der Waals surface area (Å²) in [6, 6.07) is 0. The minimum Gasteiger partial charge on any atom is -0.414 e. The van der Waals surface area contributed by atoms with Gasteiger partial charge in [0, 0.05) is 12.0 Å². The Morgan fingerprint density at radius 3 is 2.27 bits per heavy atom. The van der Waals surface area contributed by atoms with Crippen molar-refractivity contribution in [1.29, 1.82) is 0 Å². The first-order chi connectivity index (χ1) is 13.8. The summed E-state index contributed by atoms with van der Waals surface area (Å²) in [7, 11) is -1.69. The Morgan fingerprint density at radius 2 is 1.63 bits per heavy atom. The number of aliphatic hydroxyl groups excluding tert-OH is 1. The summed E-state index contributed by atoms with van der Waals surface area (Å²) in [4.78, 5) is 0. The highest BCUT2D eigenvalue weighted by Crippen LogP contribution is 2.67. The fourth-order valence-electron chi connectivity index (χ4n) is 8.40. The van der Waals surface area contributed by atoms with Crippen LogP contribution in [0.5, 0.6) is 0 Å². The van der Waals surface area contributed by atoms with Gasteiger partial charge in [0.15, 0.2) is 8.32 Å². The van der Waals surface area contributed by atoms with E-state index in [1.807, 2.05) is 0 Å². The molecule has 4 saturated carbocycles. The van der Waals surface area contributed by atoms with Crippen LogP contribution in [0.3, 0.4) is 0 Å². The van der Waals surface area contributed by atoms with Gasteiger partial charge in [-0.1, -0.05) is 40.7 Å². The van der Waals surface area contributed by atoms with Gasteiger partial charge in [0.25, 0.3) is 0 Å². The summed E-state index contributed by atoms with van der Waals surface area (Å²) in [5, 5.41) is 11.1. The summed E-state index contributed by atoms with van der Waals surface area (Å²) < 4.78 is 6.90. The Kier molecular flexibility index (Phi) is 5.73. The van der Waals surface area contributed by atoms with Crippen LogP contribution in [0.25, 0.3) is 0 Å². The molecule has 0 spiro atoms. The third-order valence-corrected chi connectivity index (χ3v) is 15.8. The lowest BCUT2D eigenvalue weighted by atomic mass is 9.44. The van der Waals surface area contributed by atoms with Crippen molar-refractivity contribution >= 4 is 8.32 Å². The standard InChI is InChI=1S/C27H48O2Si/c1-9-21-24(28)17-23-20-11-10-18-16-19(29-30(7,8)25(2,3)4)12-14-26(18,5)22(20)13-15-27(21,23)6/h9,18-24,28H,1,10-17H2,2-8H3/t18?,19?,20-,21+,22+,23+,24?,26+,27-/m1/s1. The zero-order valence-electron chi connectivity index (χ0n) is 20.8. The highest BCUT2D eigenvalue weighted by atomic mass is 28.4. The van der Waals surface area contributed by atoms with Crippen LogP contribution in [0.2, 0.25) is 18.1 Å². The van der Waals surface area contributed by atoms with Crippen LogP contribution in [0, 0.1) is 40.4 Å². The van der Waals surface area contributed by atoms with Crippen molar-refractivity contribution in [2.45, 2.75) is 116 Å². The quantitative estimate of drug-likeness (QED) is 0.377. The molecule has 0 aromatic rings. The lowest BCUT2D eigenvalue weighted by Gasteiger charge is -2.61. The van der Waals surface area contributed by atoms with E-state index >= 15 is 0 Å². The van der Waals surface area contributed by atoms with E-state index in [-0.39, 0.29) is 11.5 Å². The van der Waals surface area contributed by atoms with Crippen LogP contribution in [-0.4, -0.2) is 25.6 Å². The largest absolute Gasteiger partial charge is 0.414 e. The van der Waals surface area contributed by atoms with E-state index in [1.165, 1.54) is 44.9 Å². The minimum atomic E-state index is -1.69. The Hall–Kier alpha value is -0.123. The zero-order valence-corrected chi connectivity index (χ0v) is 21.8. The second-order valence-electron chi connectivity index (χ2n) is 13.5. The van der Waals surface area contributed by atoms with Gasteiger partial charge in [0.2, 0.25) is 0 Å². The van der Waals surface area contributed by atoms with Gasteiger partial charge in [-0.15, -0.1) is 6.58 Å². The molecule has 0 saturated heterocycles. The fourth-order valence-corrected chi connectivity index (χ4v) is 9.80. The highest BCUT2D eigenvalue weighted by Gasteiger charge is 2.61. The molecule has 0 aliphatic heterocycles. The predicted molar refractivity (Wildman–Crippen MR) is 129 cm³/mol. The summed E-state index contributed by atoms with van der Waals surface area (Å²) in [5.41, 5.74) is 0.753. The van der Waals surface area contributed by atoms with Crippen molar-refractivity contribution in [1.82, 2.24) is 0 Å². The second-order valence-corrected chi connectivity index (χ2v) is 18.3. The van der Waals surface area contributed by atoms with Gasteiger partial charge in [-0.3, -0.25) is 0 Å². The van der Waals surface area contributed by atoms with Gasteiger partial charge in [0.1, 0.15) is 0 Å². The first kappa shape index (κ1) is 23.0. The van der Waals surface area contributed by atoms with Crippen molar-refractivity contribution in [3.8, 4) is 0 Å². The molecular formula is C27H48O2Si. The van der Waals surface area contributed by atoms with Crippen molar-refractivity contribution < 1.29 is 9.53 Å². The molecule has 1 N–H and O–H groups in total. The smallest absolute Gasteiger partial charge is 0.192 e. The van der Waals surface area contributed by atoms with E-state index in [2.05, 4.69) is 60.4 Å². The van der Waals surface area contributed by atoms with Gasteiger partial charge < -0.3 is 9.53 Å². The summed E-state index contributed by atoms with van der Waals surface area (Å²) in [5.74, 6) is 3.46. The normalized spacial score (nSPS) is 49.1. The molecule has 0 bridgehead atoms. The van der Waals surface area contributed by atoms with Crippen LogP contribution < -0.4 is 0 Å². The fraction of sp³-hybridized carbons (Fsp3) is 0.926.